The van der Waals surface area contributed by atoms with Gasteiger partial charge in [-0.1, -0.05) is 24.3 Å². The second-order valence-electron chi connectivity index (χ2n) is 6.94. The predicted octanol–water partition coefficient (Wildman–Crippen LogP) is 5.47. The van der Waals surface area contributed by atoms with Crippen LogP contribution in [0.2, 0.25) is 0 Å². The highest BCUT2D eigenvalue weighted by Crippen LogP contribution is 2.31. The minimum absolute atomic E-state index is 0.0680. The minimum Gasteiger partial charge on any atom is -0.495 e. The van der Waals surface area contributed by atoms with Gasteiger partial charge in [0.25, 0.3) is 10.0 Å². The minimum atomic E-state index is -4.55. The smallest absolute Gasteiger partial charge is 0.416 e. The summed E-state index contributed by atoms with van der Waals surface area (Å²) in [7, 11) is -2.62. The van der Waals surface area contributed by atoms with Gasteiger partial charge in [-0.15, -0.1) is 0 Å². The molecule has 0 aromatic heterocycles. The molecule has 33 heavy (non-hydrogen) atoms. The molecule has 174 valence electrons. The number of para-hydroxylation sites is 2. The Morgan fingerprint density at radius 3 is 2.33 bits per heavy atom. The number of benzene rings is 3. The summed E-state index contributed by atoms with van der Waals surface area (Å²) in [5.41, 5.74) is -0.0289. The van der Waals surface area contributed by atoms with Crippen molar-refractivity contribution in [2.45, 2.75) is 18.0 Å². The Hall–Kier alpha value is -3.73. The molecule has 3 N–H and O–H groups in total. The van der Waals surface area contributed by atoms with Crippen LogP contribution in [0.15, 0.2) is 71.6 Å². The summed E-state index contributed by atoms with van der Waals surface area (Å²) >= 11 is 0. The fourth-order valence-electron chi connectivity index (χ4n) is 2.89. The van der Waals surface area contributed by atoms with Gasteiger partial charge in [0.15, 0.2) is 0 Å². The Kier molecular flexibility index (Phi) is 6.82. The van der Waals surface area contributed by atoms with Crippen LogP contribution in [0.1, 0.15) is 11.1 Å². The highest BCUT2D eigenvalue weighted by atomic mass is 32.2. The normalized spacial score (nSPS) is 11.5. The number of halogens is 3. The molecule has 2 amide bonds. The summed E-state index contributed by atoms with van der Waals surface area (Å²) in [6, 6.07) is 13.9. The summed E-state index contributed by atoms with van der Waals surface area (Å²) in [5, 5.41) is 4.78. The van der Waals surface area contributed by atoms with E-state index in [1.54, 1.807) is 25.1 Å². The van der Waals surface area contributed by atoms with Crippen molar-refractivity contribution in [2.75, 3.05) is 22.5 Å². The van der Waals surface area contributed by atoms with E-state index in [4.69, 9.17) is 4.74 Å². The molecule has 0 spiro atoms. The lowest BCUT2D eigenvalue weighted by molar-refractivity contribution is -0.137. The van der Waals surface area contributed by atoms with Gasteiger partial charge < -0.3 is 15.4 Å². The van der Waals surface area contributed by atoms with E-state index < -0.39 is 27.8 Å². The molecule has 0 atom stereocenters. The van der Waals surface area contributed by atoms with Crippen molar-refractivity contribution in [3.05, 3.63) is 77.9 Å². The van der Waals surface area contributed by atoms with E-state index >= 15 is 0 Å². The fourth-order valence-corrected chi connectivity index (χ4v) is 3.99. The first-order valence-electron chi connectivity index (χ1n) is 9.51. The van der Waals surface area contributed by atoms with E-state index in [2.05, 4.69) is 15.4 Å². The molecule has 7 nitrogen and oxygen atoms in total. The van der Waals surface area contributed by atoms with Crippen molar-refractivity contribution < 1.29 is 31.1 Å². The van der Waals surface area contributed by atoms with Crippen molar-refractivity contribution in [2.24, 2.45) is 0 Å². The van der Waals surface area contributed by atoms with Crippen LogP contribution in [-0.4, -0.2) is 21.6 Å². The summed E-state index contributed by atoms with van der Waals surface area (Å²) in [6.45, 7) is 1.64. The number of carbonyl (C=O) groups excluding carboxylic acids is 1. The van der Waals surface area contributed by atoms with Crippen LogP contribution in [0.4, 0.5) is 35.0 Å². The van der Waals surface area contributed by atoms with Gasteiger partial charge in [-0.25, -0.2) is 13.2 Å². The first-order chi connectivity index (χ1) is 15.5. The van der Waals surface area contributed by atoms with E-state index in [0.717, 1.165) is 12.1 Å². The predicted molar refractivity (Wildman–Crippen MR) is 119 cm³/mol. The summed E-state index contributed by atoms with van der Waals surface area (Å²) in [4.78, 5) is 12.2. The SMILES string of the molecule is COc1ccccc1NS(=O)(=O)c1ccc(C)c(NC(=O)Nc2cccc(C(F)(F)F)c2)c1. The van der Waals surface area contributed by atoms with Crippen LogP contribution < -0.4 is 20.1 Å². The van der Waals surface area contributed by atoms with E-state index in [-0.39, 0.29) is 22.0 Å². The lowest BCUT2D eigenvalue weighted by Crippen LogP contribution is -2.21. The molecule has 3 aromatic rings. The highest BCUT2D eigenvalue weighted by Gasteiger charge is 2.30. The zero-order chi connectivity index (χ0) is 24.2. The Bertz CT molecular complexity index is 1280. The maximum atomic E-state index is 12.9. The topological polar surface area (TPSA) is 96.5 Å². The number of hydrogen-bond acceptors (Lipinski definition) is 4. The Labute approximate surface area is 188 Å². The molecule has 0 unspecified atom stereocenters. The molecule has 0 saturated carbocycles. The third-order valence-electron chi connectivity index (χ3n) is 4.57. The molecule has 0 aliphatic carbocycles. The molecule has 0 saturated heterocycles. The molecule has 3 rings (SSSR count). The number of methoxy groups -OCH3 is 1. The van der Waals surface area contributed by atoms with E-state index in [0.29, 0.717) is 11.3 Å². The van der Waals surface area contributed by atoms with Gasteiger partial charge in [0.05, 0.1) is 23.3 Å². The number of nitrogens with one attached hydrogen (secondary N) is 3. The van der Waals surface area contributed by atoms with Gasteiger partial charge in [-0.2, -0.15) is 13.2 Å². The number of anilines is 3. The van der Waals surface area contributed by atoms with Crippen LogP contribution >= 0.6 is 0 Å². The van der Waals surface area contributed by atoms with Crippen LogP contribution in [0.5, 0.6) is 5.75 Å². The van der Waals surface area contributed by atoms with Gasteiger partial charge in [-0.3, -0.25) is 4.72 Å². The summed E-state index contributed by atoms with van der Waals surface area (Å²) < 4.78 is 71.9. The number of ether oxygens (including phenoxy) is 1. The Morgan fingerprint density at radius 2 is 1.64 bits per heavy atom. The van der Waals surface area contributed by atoms with Gasteiger partial charge in [0.2, 0.25) is 0 Å². The third-order valence-corrected chi connectivity index (χ3v) is 5.93. The molecular formula is C22H20F3N3O4S. The largest absolute Gasteiger partial charge is 0.495 e. The second kappa shape index (κ2) is 9.41. The third kappa shape index (κ3) is 5.95. The van der Waals surface area contributed by atoms with Gasteiger partial charge in [0, 0.05) is 11.4 Å². The van der Waals surface area contributed by atoms with Crippen LogP contribution in [0.3, 0.4) is 0 Å². The van der Waals surface area contributed by atoms with Crippen LogP contribution in [0, 0.1) is 6.92 Å². The number of amides is 2. The average Bonchev–Trinajstić information content (AvgIpc) is 2.75. The maximum Gasteiger partial charge on any atom is 0.416 e. The number of hydrogen-bond donors (Lipinski definition) is 3. The van der Waals surface area contributed by atoms with Crippen LogP contribution in [0.25, 0.3) is 0 Å². The van der Waals surface area contributed by atoms with E-state index in [9.17, 15) is 26.4 Å². The number of alkyl halides is 3. The molecule has 0 heterocycles. The van der Waals surface area contributed by atoms with Crippen molar-refractivity contribution in [1.29, 1.82) is 0 Å². The molecule has 11 heteroatoms. The molecule has 3 aromatic carbocycles. The number of carbonyl (C=O) groups is 1. The summed E-state index contributed by atoms with van der Waals surface area (Å²) in [6.07, 6.45) is -4.55. The second-order valence-corrected chi connectivity index (χ2v) is 8.62. The number of sulfonamides is 1. The average molecular weight is 479 g/mol. The molecule has 0 aliphatic rings. The lowest BCUT2D eigenvalue weighted by atomic mass is 10.2. The van der Waals surface area contributed by atoms with E-state index in [1.165, 1.54) is 43.5 Å². The summed E-state index contributed by atoms with van der Waals surface area (Å²) in [5.74, 6) is 0.326. The number of rotatable bonds is 6. The standard InChI is InChI=1S/C22H20F3N3O4S/c1-14-10-11-17(33(30,31)28-18-8-3-4-9-20(18)32-2)13-19(14)27-21(29)26-16-7-5-6-15(12-16)22(23,24)25/h3-13,28H,1-2H3,(H2,26,27,29). The molecule has 0 fully saturated rings. The maximum absolute atomic E-state index is 12.9. The first-order valence-corrected chi connectivity index (χ1v) is 11.0. The number of urea groups is 1. The lowest BCUT2D eigenvalue weighted by Gasteiger charge is -2.14. The number of aryl methyl sites for hydroxylation is 1. The van der Waals surface area contributed by atoms with Crippen molar-refractivity contribution >= 4 is 33.1 Å². The van der Waals surface area contributed by atoms with Gasteiger partial charge >= 0.3 is 12.2 Å². The quantitative estimate of drug-likeness (QED) is 0.437. The van der Waals surface area contributed by atoms with Crippen molar-refractivity contribution in [3.63, 3.8) is 0 Å². The first kappa shape index (κ1) is 23.9. The Balaban J connectivity index is 1.79. The van der Waals surface area contributed by atoms with Gasteiger partial charge in [-0.05, 0) is 55.0 Å². The molecule has 0 radical (unpaired) electrons. The zero-order valence-corrected chi connectivity index (χ0v) is 18.3. The van der Waals surface area contributed by atoms with Crippen molar-refractivity contribution in [3.8, 4) is 5.75 Å². The van der Waals surface area contributed by atoms with E-state index in [1.807, 2.05) is 0 Å². The molecule has 0 aliphatic heterocycles. The highest BCUT2D eigenvalue weighted by molar-refractivity contribution is 7.92. The zero-order valence-electron chi connectivity index (χ0n) is 17.5. The van der Waals surface area contributed by atoms with Gasteiger partial charge in [0.1, 0.15) is 5.75 Å². The fraction of sp³-hybridized carbons (Fsp3) is 0.136. The Morgan fingerprint density at radius 1 is 0.909 bits per heavy atom. The molecule has 0 bridgehead atoms. The van der Waals surface area contributed by atoms with Crippen molar-refractivity contribution in [1.82, 2.24) is 0 Å². The monoisotopic (exact) mass is 479 g/mol. The van der Waals surface area contributed by atoms with Crippen LogP contribution in [-0.2, 0) is 16.2 Å². The molecular weight excluding hydrogens is 459 g/mol.